The summed E-state index contributed by atoms with van der Waals surface area (Å²) in [6, 6.07) is 0. The molecule has 1 aliphatic heterocycles. The molecule has 1 rings (SSSR count). The molecule has 0 spiro atoms. The molecule has 0 unspecified atom stereocenters. The van der Waals surface area contributed by atoms with Crippen molar-refractivity contribution in [3.05, 3.63) is 12.2 Å². The Balaban J connectivity index is 2.30. The van der Waals surface area contributed by atoms with Crippen molar-refractivity contribution in [3.8, 4) is 0 Å². The van der Waals surface area contributed by atoms with Crippen molar-refractivity contribution < 1.29 is 4.79 Å². The van der Waals surface area contributed by atoms with Gasteiger partial charge in [0, 0.05) is 13.1 Å². The summed E-state index contributed by atoms with van der Waals surface area (Å²) < 4.78 is 0. The Labute approximate surface area is 82.8 Å². The van der Waals surface area contributed by atoms with Gasteiger partial charge in [0.1, 0.15) is 0 Å². The molecule has 0 aromatic rings. The smallest absolute Gasteiger partial charge is 0.236 e. The number of hydrogen-bond acceptors (Lipinski definition) is 2. The molecule has 13 heavy (non-hydrogen) atoms. The minimum atomic E-state index is -0.394. The van der Waals surface area contributed by atoms with Crippen LogP contribution in [0.1, 0.15) is 6.42 Å². The zero-order valence-electron chi connectivity index (χ0n) is 7.32. The highest BCUT2D eigenvalue weighted by Gasteiger charge is 2.09. The Morgan fingerprint density at radius 1 is 1.62 bits per heavy atom. The van der Waals surface area contributed by atoms with Crippen molar-refractivity contribution in [1.82, 2.24) is 10.2 Å². The van der Waals surface area contributed by atoms with E-state index in [0.717, 1.165) is 19.5 Å². The van der Waals surface area contributed by atoms with Gasteiger partial charge in [-0.15, -0.1) is 0 Å². The molecular weight excluding hydrogens is 186 g/mol. The molecule has 0 aromatic heterocycles. The van der Waals surface area contributed by atoms with Gasteiger partial charge in [-0.2, -0.15) is 0 Å². The topological polar surface area (TPSA) is 58.4 Å². The molecule has 0 saturated carbocycles. The van der Waals surface area contributed by atoms with Crippen LogP contribution in [0.4, 0.5) is 0 Å². The lowest BCUT2D eigenvalue weighted by Gasteiger charge is -2.26. The van der Waals surface area contributed by atoms with Crippen molar-refractivity contribution in [3.63, 3.8) is 0 Å². The molecule has 0 radical (unpaired) electrons. The van der Waals surface area contributed by atoms with Crippen LogP contribution in [0.5, 0.6) is 0 Å². The average Bonchev–Trinajstić information content (AvgIpc) is 2.15. The SMILES string of the molecule is NC(=O)CNC(=S)N1CC=CCC1. The van der Waals surface area contributed by atoms with Gasteiger partial charge in [0.15, 0.2) is 5.11 Å². The third kappa shape index (κ3) is 3.42. The molecule has 5 heteroatoms. The zero-order valence-corrected chi connectivity index (χ0v) is 8.14. The Morgan fingerprint density at radius 3 is 2.92 bits per heavy atom. The molecular formula is C8H13N3OS. The average molecular weight is 199 g/mol. The summed E-state index contributed by atoms with van der Waals surface area (Å²) in [6.07, 6.45) is 5.17. The van der Waals surface area contributed by atoms with Crippen LogP contribution >= 0.6 is 12.2 Å². The van der Waals surface area contributed by atoms with E-state index in [2.05, 4.69) is 17.5 Å². The molecule has 0 fully saturated rings. The number of primary amides is 1. The number of nitrogens with one attached hydrogen (secondary N) is 1. The minimum Gasteiger partial charge on any atom is -0.368 e. The van der Waals surface area contributed by atoms with Crippen LogP contribution in [0.25, 0.3) is 0 Å². The lowest BCUT2D eigenvalue weighted by Crippen LogP contribution is -2.44. The van der Waals surface area contributed by atoms with Gasteiger partial charge >= 0.3 is 0 Å². The van der Waals surface area contributed by atoms with E-state index in [9.17, 15) is 4.79 Å². The fourth-order valence-corrected chi connectivity index (χ4v) is 1.34. The third-order valence-corrected chi connectivity index (χ3v) is 2.16. The lowest BCUT2D eigenvalue weighted by molar-refractivity contribution is -0.117. The summed E-state index contributed by atoms with van der Waals surface area (Å²) in [5.41, 5.74) is 4.98. The van der Waals surface area contributed by atoms with Crippen LogP contribution in [-0.4, -0.2) is 35.6 Å². The highest BCUT2D eigenvalue weighted by molar-refractivity contribution is 7.80. The summed E-state index contributed by atoms with van der Waals surface area (Å²) in [6.45, 7) is 1.82. The highest BCUT2D eigenvalue weighted by Crippen LogP contribution is 2.00. The maximum atomic E-state index is 10.5. The Bertz CT molecular complexity index is 240. The molecule has 1 heterocycles. The quantitative estimate of drug-likeness (QED) is 0.470. The van der Waals surface area contributed by atoms with E-state index in [1.807, 2.05) is 4.90 Å². The Morgan fingerprint density at radius 2 is 2.38 bits per heavy atom. The minimum absolute atomic E-state index is 0.110. The molecule has 0 saturated heterocycles. The maximum absolute atomic E-state index is 10.5. The summed E-state index contributed by atoms with van der Waals surface area (Å²) in [7, 11) is 0. The van der Waals surface area contributed by atoms with E-state index in [-0.39, 0.29) is 6.54 Å². The van der Waals surface area contributed by atoms with Crippen LogP contribution in [0, 0.1) is 0 Å². The van der Waals surface area contributed by atoms with Crippen LogP contribution in [-0.2, 0) is 4.79 Å². The number of thiocarbonyl (C=S) groups is 1. The van der Waals surface area contributed by atoms with Gasteiger partial charge in [0.2, 0.25) is 5.91 Å². The van der Waals surface area contributed by atoms with E-state index in [1.165, 1.54) is 0 Å². The van der Waals surface area contributed by atoms with E-state index >= 15 is 0 Å². The predicted octanol–water partition coefficient (Wildman–Crippen LogP) is -0.392. The molecule has 0 aromatic carbocycles. The van der Waals surface area contributed by atoms with Gasteiger partial charge in [-0.3, -0.25) is 4.79 Å². The first-order valence-corrected chi connectivity index (χ1v) is 4.57. The van der Waals surface area contributed by atoms with Gasteiger partial charge in [-0.1, -0.05) is 12.2 Å². The van der Waals surface area contributed by atoms with E-state index < -0.39 is 5.91 Å². The van der Waals surface area contributed by atoms with Crippen molar-refractivity contribution in [1.29, 1.82) is 0 Å². The van der Waals surface area contributed by atoms with Gasteiger partial charge in [0.05, 0.1) is 6.54 Å². The van der Waals surface area contributed by atoms with Gasteiger partial charge in [-0.25, -0.2) is 0 Å². The van der Waals surface area contributed by atoms with E-state index in [1.54, 1.807) is 0 Å². The number of carbonyl (C=O) groups is 1. The molecule has 1 aliphatic rings. The molecule has 0 aliphatic carbocycles. The van der Waals surface area contributed by atoms with Gasteiger partial charge in [-0.05, 0) is 18.6 Å². The first kappa shape index (κ1) is 9.98. The number of rotatable bonds is 2. The number of nitrogens with zero attached hydrogens (tertiary/aromatic N) is 1. The molecule has 3 N–H and O–H groups in total. The molecule has 1 amide bonds. The van der Waals surface area contributed by atoms with Crippen molar-refractivity contribution in [2.24, 2.45) is 5.73 Å². The number of hydrogen-bond donors (Lipinski definition) is 2. The monoisotopic (exact) mass is 199 g/mol. The van der Waals surface area contributed by atoms with Crippen molar-refractivity contribution >= 4 is 23.2 Å². The van der Waals surface area contributed by atoms with E-state index in [0.29, 0.717) is 5.11 Å². The maximum Gasteiger partial charge on any atom is 0.236 e. The fourth-order valence-electron chi connectivity index (χ4n) is 1.10. The summed E-state index contributed by atoms with van der Waals surface area (Å²) in [5, 5.41) is 3.40. The van der Waals surface area contributed by atoms with Crippen LogP contribution < -0.4 is 11.1 Å². The summed E-state index contributed by atoms with van der Waals surface area (Å²) in [4.78, 5) is 12.5. The van der Waals surface area contributed by atoms with Crippen molar-refractivity contribution in [2.45, 2.75) is 6.42 Å². The van der Waals surface area contributed by atoms with Gasteiger partial charge < -0.3 is 16.0 Å². The molecule has 4 nitrogen and oxygen atoms in total. The third-order valence-electron chi connectivity index (χ3n) is 1.76. The van der Waals surface area contributed by atoms with Crippen LogP contribution in [0.3, 0.4) is 0 Å². The lowest BCUT2D eigenvalue weighted by atomic mass is 10.3. The first-order chi connectivity index (χ1) is 6.20. The molecule has 72 valence electrons. The molecule has 0 bridgehead atoms. The second kappa shape index (κ2) is 4.81. The van der Waals surface area contributed by atoms with Crippen LogP contribution in [0.2, 0.25) is 0 Å². The second-order valence-corrected chi connectivity index (χ2v) is 3.22. The largest absolute Gasteiger partial charge is 0.368 e. The predicted molar refractivity (Wildman–Crippen MR) is 55.1 cm³/mol. The first-order valence-electron chi connectivity index (χ1n) is 4.16. The number of carbonyl (C=O) groups excluding carboxylic acids is 1. The Kier molecular flexibility index (Phi) is 3.70. The number of nitrogens with two attached hydrogens (primary N) is 1. The second-order valence-electron chi connectivity index (χ2n) is 2.83. The summed E-state index contributed by atoms with van der Waals surface area (Å²) in [5.74, 6) is -0.394. The fraction of sp³-hybridized carbons (Fsp3) is 0.500. The van der Waals surface area contributed by atoms with Gasteiger partial charge in [0.25, 0.3) is 0 Å². The zero-order chi connectivity index (χ0) is 9.68. The summed E-state index contributed by atoms with van der Waals surface area (Å²) >= 11 is 5.07. The van der Waals surface area contributed by atoms with E-state index in [4.69, 9.17) is 18.0 Å². The molecule has 0 atom stereocenters. The highest BCUT2D eigenvalue weighted by atomic mass is 32.1. The standard InChI is InChI=1S/C8H13N3OS/c9-7(12)6-10-8(13)11-4-2-1-3-5-11/h1-2H,3-6H2,(H2,9,12)(H,10,13). The van der Waals surface area contributed by atoms with Crippen LogP contribution in [0.15, 0.2) is 12.2 Å². The number of amides is 1. The van der Waals surface area contributed by atoms with Crippen molar-refractivity contribution in [2.75, 3.05) is 19.6 Å². The Hall–Kier alpha value is -1.10. The normalized spacial score (nSPS) is 15.5.